The SMILES string of the molecule is COc1ccc([C@H]2CCC[C@H]3[C@@H]4C[C@@H](CN(C(=O)c5cnccc5C)C4)CN23)cc1. The van der Waals surface area contributed by atoms with Crippen LogP contribution in [0, 0.1) is 18.8 Å². The molecule has 3 fully saturated rings. The molecule has 4 heterocycles. The summed E-state index contributed by atoms with van der Waals surface area (Å²) in [7, 11) is 1.72. The van der Waals surface area contributed by atoms with Crippen molar-refractivity contribution in [2.24, 2.45) is 11.8 Å². The van der Waals surface area contributed by atoms with Crippen molar-refractivity contribution in [1.82, 2.24) is 14.8 Å². The van der Waals surface area contributed by atoms with E-state index in [1.165, 1.54) is 31.2 Å². The fourth-order valence-corrected chi connectivity index (χ4v) is 6.02. The van der Waals surface area contributed by atoms with Gasteiger partial charge in [-0.1, -0.05) is 12.1 Å². The van der Waals surface area contributed by atoms with Crippen LogP contribution in [0.5, 0.6) is 5.75 Å². The number of piperidine rings is 3. The van der Waals surface area contributed by atoms with Crippen molar-refractivity contribution in [1.29, 1.82) is 0 Å². The van der Waals surface area contributed by atoms with Crippen molar-refractivity contribution in [3.63, 3.8) is 0 Å². The number of aryl methyl sites for hydroxylation is 1. The second-order valence-corrected chi connectivity index (χ2v) is 9.25. The van der Waals surface area contributed by atoms with Crippen LogP contribution in [0.4, 0.5) is 0 Å². The minimum Gasteiger partial charge on any atom is -0.497 e. The molecule has 3 aliphatic heterocycles. The van der Waals surface area contributed by atoms with E-state index in [0.717, 1.165) is 36.5 Å². The number of carbonyl (C=O) groups excluding carboxylic acids is 1. The van der Waals surface area contributed by atoms with Crippen molar-refractivity contribution in [3.05, 3.63) is 59.4 Å². The summed E-state index contributed by atoms with van der Waals surface area (Å²) in [5.74, 6) is 2.20. The fraction of sp³-hybridized carbons (Fsp3) is 0.520. The van der Waals surface area contributed by atoms with Crippen LogP contribution in [0.3, 0.4) is 0 Å². The van der Waals surface area contributed by atoms with E-state index in [2.05, 4.69) is 39.0 Å². The molecule has 1 aromatic carbocycles. The number of likely N-dealkylation sites (tertiary alicyclic amines) is 1. The molecular formula is C25H31N3O2. The Hall–Kier alpha value is -2.40. The van der Waals surface area contributed by atoms with Crippen LogP contribution >= 0.6 is 0 Å². The number of aromatic nitrogens is 1. The molecule has 0 radical (unpaired) electrons. The average Bonchev–Trinajstić information content (AvgIpc) is 2.78. The molecule has 2 bridgehead atoms. The Bertz CT molecular complexity index is 913. The number of amides is 1. The molecule has 0 unspecified atom stereocenters. The Morgan fingerprint density at radius 2 is 1.93 bits per heavy atom. The van der Waals surface area contributed by atoms with Gasteiger partial charge < -0.3 is 9.64 Å². The zero-order chi connectivity index (χ0) is 20.7. The van der Waals surface area contributed by atoms with Gasteiger partial charge in [0.2, 0.25) is 0 Å². The van der Waals surface area contributed by atoms with E-state index in [1.54, 1.807) is 19.5 Å². The Morgan fingerprint density at radius 1 is 1.10 bits per heavy atom. The maximum absolute atomic E-state index is 13.2. The van der Waals surface area contributed by atoms with Crippen molar-refractivity contribution in [3.8, 4) is 5.75 Å². The van der Waals surface area contributed by atoms with Crippen LogP contribution in [0.2, 0.25) is 0 Å². The molecule has 5 nitrogen and oxygen atoms in total. The highest BCUT2D eigenvalue weighted by molar-refractivity contribution is 5.95. The van der Waals surface area contributed by atoms with E-state index in [9.17, 15) is 4.79 Å². The van der Waals surface area contributed by atoms with Crippen molar-refractivity contribution < 1.29 is 9.53 Å². The summed E-state index contributed by atoms with van der Waals surface area (Å²) >= 11 is 0. The van der Waals surface area contributed by atoms with Crippen LogP contribution in [0.25, 0.3) is 0 Å². The zero-order valence-corrected chi connectivity index (χ0v) is 18.0. The number of ether oxygens (including phenoxy) is 1. The molecular weight excluding hydrogens is 374 g/mol. The quantitative estimate of drug-likeness (QED) is 0.772. The average molecular weight is 406 g/mol. The number of methoxy groups -OCH3 is 1. The van der Waals surface area contributed by atoms with Crippen LogP contribution in [-0.2, 0) is 0 Å². The lowest BCUT2D eigenvalue weighted by molar-refractivity contribution is -0.0511. The van der Waals surface area contributed by atoms with Gasteiger partial charge in [0.1, 0.15) is 5.75 Å². The van der Waals surface area contributed by atoms with Gasteiger partial charge >= 0.3 is 0 Å². The smallest absolute Gasteiger partial charge is 0.255 e. The molecule has 3 saturated heterocycles. The Labute approximate surface area is 179 Å². The minimum atomic E-state index is 0.159. The monoisotopic (exact) mass is 405 g/mol. The number of carbonyl (C=O) groups is 1. The summed E-state index contributed by atoms with van der Waals surface area (Å²) in [5.41, 5.74) is 3.18. The van der Waals surface area contributed by atoms with E-state index in [-0.39, 0.29) is 5.91 Å². The van der Waals surface area contributed by atoms with Crippen molar-refractivity contribution >= 4 is 5.91 Å². The molecule has 0 spiro atoms. The lowest BCUT2D eigenvalue weighted by Crippen LogP contribution is -2.60. The molecule has 3 aliphatic rings. The molecule has 5 rings (SSSR count). The maximum atomic E-state index is 13.2. The number of nitrogens with zero attached hydrogens (tertiary/aromatic N) is 3. The first-order valence-electron chi connectivity index (χ1n) is 11.2. The predicted octanol–water partition coefficient (Wildman–Crippen LogP) is 4.09. The Morgan fingerprint density at radius 3 is 2.70 bits per heavy atom. The van der Waals surface area contributed by atoms with Crippen LogP contribution in [0.1, 0.15) is 53.2 Å². The van der Waals surface area contributed by atoms with Crippen LogP contribution < -0.4 is 4.74 Å². The van der Waals surface area contributed by atoms with Gasteiger partial charge in [0.25, 0.3) is 5.91 Å². The van der Waals surface area contributed by atoms with Gasteiger partial charge in [0.05, 0.1) is 12.7 Å². The first-order chi connectivity index (χ1) is 14.6. The van der Waals surface area contributed by atoms with Gasteiger partial charge in [-0.05, 0) is 73.8 Å². The molecule has 5 heteroatoms. The summed E-state index contributed by atoms with van der Waals surface area (Å²) in [4.78, 5) is 22.3. The van der Waals surface area contributed by atoms with Gasteiger partial charge in [-0.25, -0.2) is 0 Å². The molecule has 4 atom stereocenters. The number of fused-ring (bicyclic) bond motifs is 4. The summed E-state index contributed by atoms with van der Waals surface area (Å²) in [5, 5.41) is 0. The first kappa shape index (κ1) is 19.6. The number of rotatable bonds is 3. The standard InChI is InChI=1S/C25H31N3O2/c1-17-10-11-26-13-22(17)25(29)27-14-18-12-20(16-27)24-5-3-4-23(28(24)15-18)19-6-8-21(30-2)9-7-19/h6-11,13,18,20,23-24H,3-5,12,14-16H2,1-2H3/t18-,20+,23+,24-/m0/s1. The van der Waals surface area contributed by atoms with Gasteiger partial charge in [-0.2, -0.15) is 0 Å². The van der Waals surface area contributed by atoms with Crippen LogP contribution in [0.15, 0.2) is 42.7 Å². The Balaban J connectivity index is 1.35. The third kappa shape index (κ3) is 3.49. The van der Waals surface area contributed by atoms with Gasteiger partial charge in [0.15, 0.2) is 0 Å². The molecule has 0 aliphatic carbocycles. The van der Waals surface area contributed by atoms with Gasteiger partial charge in [-0.15, -0.1) is 0 Å². The summed E-state index contributed by atoms with van der Waals surface area (Å²) in [6.07, 6.45) is 8.48. The number of pyridine rings is 1. The predicted molar refractivity (Wildman–Crippen MR) is 117 cm³/mol. The highest BCUT2D eigenvalue weighted by atomic mass is 16.5. The zero-order valence-electron chi connectivity index (χ0n) is 18.0. The largest absolute Gasteiger partial charge is 0.497 e. The molecule has 0 saturated carbocycles. The molecule has 1 aromatic heterocycles. The fourth-order valence-electron chi connectivity index (χ4n) is 6.02. The summed E-state index contributed by atoms with van der Waals surface area (Å²) in [6.45, 7) is 4.83. The normalized spacial score (nSPS) is 28.7. The highest BCUT2D eigenvalue weighted by Crippen LogP contribution is 2.44. The molecule has 30 heavy (non-hydrogen) atoms. The van der Waals surface area contributed by atoms with Gasteiger partial charge in [-0.3, -0.25) is 14.7 Å². The van der Waals surface area contributed by atoms with Gasteiger partial charge in [0, 0.05) is 44.1 Å². The van der Waals surface area contributed by atoms with E-state index in [4.69, 9.17) is 4.74 Å². The second-order valence-electron chi connectivity index (χ2n) is 9.25. The molecule has 2 aromatic rings. The van der Waals surface area contributed by atoms with E-state index >= 15 is 0 Å². The number of benzene rings is 1. The van der Waals surface area contributed by atoms with E-state index in [1.807, 2.05) is 13.0 Å². The number of hydrogen-bond donors (Lipinski definition) is 0. The highest BCUT2D eigenvalue weighted by Gasteiger charge is 2.45. The second kappa shape index (κ2) is 8.03. The molecule has 158 valence electrons. The molecule has 1 amide bonds. The lowest BCUT2D eigenvalue weighted by Gasteiger charge is -2.55. The minimum absolute atomic E-state index is 0.159. The third-order valence-electron chi connectivity index (χ3n) is 7.44. The third-order valence-corrected chi connectivity index (χ3v) is 7.44. The van der Waals surface area contributed by atoms with Crippen molar-refractivity contribution in [2.75, 3.05) is 26.7 Å². The first-order valence-corrected chi connectivity index (χ1v) is 11.2. The lowest BCUT2D eigenvalue weighted by atomic mass is 9.73. The van der Waals surface area contributed by atoms with E-state index < -0.39 is 0 Å². The summed E-state index contributed by atoms with van der Waals surface area (Å²) < 4.78 is 5.35. The number of hydrogen-bond acceptors (Lipinski definition) is 4. The topological polar surface area (TPSA) is 45.7 Å². The van der Waals surface area contributed by atoms with Crippen molar-refractivity contribution in [2.45, 2.75) is 44.7 Å². The van der Waals surface area contributed by atoms with E-state index in [0.29, 0.717) is 23.9 Å². The maximum Gasteiger partial charge on any atom is 0.255 e. The van der Waals surface area contributed by atoms with Crippen LogP contribution in [-0.4, -0.2) is 53.5 Å². The Kier molecular flexibility index (Phi) is 5.23. The summed E-state index contributed by atoms with van der Waals surface area (Å²) in [6, 6.07) is 11.6. The molecule has 0 N–H and O–H groups in total.